The van der Waals surface area contributed by atoms with E-state index in [0.717, 1.165) is 18.4 Å². The number of amides is 1. The molecule has 2 aliphatic rings. The molecule has 2 fully saturated rings. The number of thioether (sulfide) groups is 1. The first-order valence-electron chi connectivity index (χ1n) is 8.42. The summed E-state index contributed by atoms with van der Waals surface area (Å²) in [6, 6.07) is 9.16. The molecule has 0 unspecified atom stereocenters. The average molecular weight is 407 g/mol. The third-order valence-electron chi connectivity index (χ3n) is 4.37. The molecule has 1 saturated heterocycles. The van der Waals surface area contributed by atoms with Gasteiger partial charge in [0.1, 0.15) is 11.5 Å². The van der Waals surface area contributed by atoms with E-state index < -0.39 is 0 Å². The van der Waals surface area contributed by atoms with Crippen LogP contribution in [0.2, 0.25) is 10.0 Å². The zero-order valence-electron chi connectivity index (χ0n) is 13.8. The van der Waals surface area contributed by atoms with Gasteiger partial charge in [0.05, 0.1) is 16.0 Å². The fourth-order valence-corrected chi connectivity index (χ4v) is 4.33. The number of furan rings is 1. The van der Waals surface area contributed by atoms with E-state index in [4.69, 9.17) is 27.6 Å². The summed E-state index contributed by atoms with van der Waals surface area (Å²) in [7, 11) is 0. The van der Waals surface area contributed by atoms with Gasteiger partial charge in [-0.2, -0.15) is 0 Å². The highest BCUT2D eigenvalue weighted by Gasteiger charge is 2.26. The first-order valence-corrected chi connectivity index (χ1v) is 10.00. The van der Waals surface area contributed by atoms with Crippen LogP contribution in [0.4, 0.5) is 0 Å². The van der Waals surface area contributed by atoms with Crippen LogP contribution in [0.25, 0.3) is 17.4 Å². The third-order valence-corrected chi connectivity index (χ3v) is 5.86. The predicted octanol–water partition coefficient (Wildman–Crippen LogP) is 5.76. The maximum atomic E-state index is 12.2. The Kier molecular flexibility index (Phi) is 5.11. The summed E-state index contributed by atoms with van der Waals surface area (Å²) in [6.45, 7) is 0. The Hall–Kier alpha value is -1.69. The highest BCUT2D eigenvalue weighted by molar-refractivity contribution is 8.18. The minimum Gasteiger partial charge on any atom is -0.457 e. The van der Waals surface area contributed by atoms with Crippen molar-refractivity contribution in [2.24, 2.45) is 4.99 Å². The van der Waals surface area contributed by atoms with E-state index in [1.807, 2.05) is 6.07 Å². The van der Waals surface area contributed by atoms with Crippen LogP contribution in [0.3, 0.4) is 0 Å². The normalized spacial score (nSPS) is 21.1. The zero-order valence-corrected chi connectivity index (χ0v) is 16.1. The largest absolute Gasteiger partial charge is 0.457 e. The van der Waals surface area contributed by atoms with Crippen LogP contribution >= 0.6 is 35.0 Å². The van der Waals surface area contributed by atoms with Crippen molar-refractivity contribution in [2.75, 3.05) is 0 Å². The molecule has 0 atom stereocenters. The Bertz CT molecular complexity index is 914. The topological polar surface area (TPSA) is 54.6 Å². The van der Waals surface area contributed by atoms with Gasteiger partial charge in [-0.3, -0.25) is 9.79 Å². The third kappa shape index (κ3) is 3.85. The monoisotopic (exact) mass is 406 g/mol. The van der Waals surface area contributed by atoms with Crippen molar-refractivity contribution in [3.05, 3.63) is 51.0 Å². The molecule has 1 aromatic carbocycles. The zero-order chi connectivity index (χ0) is 18.1. The van der Waals surface area contributed by atoms with Crippen LogP contribution in [-0.2, 0) is 4.79 Å². The molecule has 0 bridgehead atoms. The minimum atomic E-state index is -0.148. The predicted molar refractivity (Wildman–Crippen MR) is 108 cm³/mol. The molecule has 4 nitrogen and oxygen atoms in total. The molecule has 2 heterocycles. The van der Waals surface area contributed by atoms with Gasteiger partial charge in [-0.25, -0.2) is 0 Å². The molecule has 1 aliphatic heterocycles. The van der Waals surface area contributed by atoms with E-state index in [1.54, 1.807) is 30.3 Å². The fourth-order valence-electron chi connectivity index (χ4n) is 3.08. The second kappa shape index (κ2) is 7.51. The Labute approximate surface area is 165 Å². The number of nitrogens with one attached hydrogen (secondary N) is 1. The van der Waals surface area contributed by atoms with Crippen LogP contribution in [0.5, 0.6) is 0 Å². The van der Waals surface area contributed by atoms with Crippen LogP contribution in [0, 0.1) is 0 Å². The number of rotatable bonds is 3. The number of carbonyl (C=O) groups is 1. The van der Waals surface area contributed by atoms with Crippen LogP contribution < -0.4 is 5.32 Å². The molecule has 1 saturated carbocycles. The van der Waals surface area contributed by atoms with Crippen molar-refractivity contribution in [2.45, 2.75) is 31.7 Å². The first kappa shape index (κ1) is 17.7. The molecular formula is C19H16Cl2N2O2S. The van der Waals surface area contributed by atoms with Crippen LogP contribution in [0.15, 0.2) is 44.6 Å². The van der Waals surface area contributed by atoms with Crippen LogP contribution in [0.1, 0.15) is 31.4 Å². The summed E-state index contributed by atoms with van der Waals surface area (Å²) in [4.78, 5) is 17.4. The van der Waals surface area contributed by atoms with Crippen molar-refractivity contribution in [1.29, 1.82) is 0 Å². The van der Waals surface area contributed by atoms with Gasteiger partial charge in [0.25, 0.3) is 5.91 Å². The maximum absolute atomic E-state index is 12.2. The van der Waals surface area contributed by atoms with Gasteiger partial charge in [0.15, 0.2) is 5.17 Å². The summed E-state index contributed by atoms with van der Waals surface area (Å²) in [5.74, 6) is 1.04. The molecule has 1 aromatic heterocycles. The number of hydrogen-bond donors (Lipinski definition) is 1. The van der Waals surface area contributed by atoms with E-state index in [9.17, 15) is 4.79 Å². The van der Waals surface area contributed by atoms with Crippen molar-refractivity contribution >= 4 is 52.1 Å². The van der Waals surface area contributed by atoms with Crippen molar-refractivity contribution < 1.29 is 9.21 Å². The SMILES string of the molecule is O=C1NC(=NC2CCCC2)S/C1=C\c1ccc(-c2cc(Cl)ccc2Cl)o1. The number of nitrogens with zero attached hydrogens (tertiary/aromatic N) is 1. The van der Waals surface area contributed by atoms with Crippen molar-refractivity contribution in [1.82, 2.24) is 5.32 Å². The van der Waals surface area contributed by atoms with E-state index in [2.05, 4.69) is 10.3 Å². The summed E-state index contributed by atoms with van der Waals surface area (Å²) in [5, 5.41) is 4.65. The fraction of sp³-hybridized carbons (Fsp3) is 0.263. The first-order chi connectivity index (χ1) is 12.6. The van der Waals surface area contributed by atoms with Crippen LogP contribution in [-0.4, -0.2) is 17.1 Å². The molecule has 1 N–H and O–H groups in total. The highest BCUT2D eigenvalue weighted by Crippen LogP contribution is 2.34. The summed E-state index contributed by atoms with van der Waals surface area (Å²) >= 11 is 13.6. The molecule has 0 spiro atoms. The average Bonchev–Trinajstić information content (AvgIpc) is 3.34. The van der Waals surface area contributed by atoms with Gasteiger partial charge in [-0.05, 0) is 54.9 Å². The molecule has 2 aromatic rings. The number of hydrogen-bond acceptors (Lipinski definition) is 4. The number of benzene rings is 1. The lowest BCUT2D eigenvalue weighted by molar-refractivity contribution is -0.115. The summed E-state index contributed by atoms with van der Waals surface area (Å²) in [5.41, 5.74) is 0.718. The number of amidine groups is 1. The number of halogens is 2. The maximum Gasteiger partial charge on any atom is 0.264 e. The van der Waals surface area contributed by atoms with Crippen molar-refractivity contribution in [3.8, 4) is 11.3 Å². The standard InChI is InChI=1S/C19H16Cl2N2O2S/c20-11-5-7-15(21)14(9-11)16-8-6-13(25-16)10-17-18(24)23-19(26-17)22-12-3-1-2-4-12/h5-10,12H,1-4H2,(H,22,23,24)/b17-10-. The van der Waals surface area contributed by atoms with Gasteiger partial charge in [0.2, 0.25) is 0 Å². The Morgan fingerprint density at radius 3 is 2.81 bits per heavy atom. The second-order valence-corrected chi connectivity index (χ2v) is 8.14. The molecule has 26 heavy (non-hydrogen) atoms. The summed E-state index contributed by atoms with van der Waals surface area (Å²) < 4.78 is 5.83. The van der Waals surface area contributed by atoms with E-state index in [-0.39, 0.29) is 5.91 Å². The molecule has 7 heteroatoms. The summed E-state index contributed by atoms with van der Waals surface area (Å²) in [6.07, 6.45) is 6.34. The van der Waals surface area contributed by atoms with Gasteiger partial charge in [-0.15, -0.1) is 0 Å². The molecule has 0 radical (unpaired) electrons. The second-order valence-electron chi connectivity index (χ2n) is 6.26. The molecular weight excluding hydrogens is 391 g/mol. The molecule has 1 amide bonds. The molecule has 1 aliphatic carbocycles. The highest BCUT2D eigenvalue weighted by atomic mass is 35.5. The lowest BCUT2D eigenvalue weighted by atomic mass is 10.2. The van der Waals surface area contributed by atoms with Gasteiger partial charge in [0, 0.05) is 16.7 Å². The number of aliphatic imine (C=N–C) groups is 1. The van der Waals surface area contributed by atoms with E-state index in [0.29, 0.717) is 37.7 Å². The minimum absolute atomic E-state index is 0.148. The lowest BCUT2D eigenvalue weighted by Gasteiger charge is -2.02. The Morgan fingerprint density at radius 1 is 1.19 bits per heavy atom. The molecule has 134 valence electrons. The van der Waals surface area contributed by atoms with E-state index in [1.165, 1.54) is 24.6 Å². The lowest BCUT2D eigenvalue weighted by Crippen LogP contribution is -2.21. The van der Waals surface area contributed by atoms with E-state index >= 15 is 0 Å². The van der Waals surface area contributed by atoms with Gasteiger partial charge < -0.3 is 9.73 Å². The smallest absolute Gasteiger partial charge is 0.264 e. The Morgan fingerprint density at radius 2 is 2.00 bits per heavy atom. The van der Waals surface area contributed by atoms with Crippen molar-refractivity contribution in [3.63, 3.8) is 0 Å². The quantitative estimate of drug-likeness (QED) is 0.659. The Balaban J connectivity index is 1.54. The van der Waals surface area contributed by atoms with Gasteiger partial charge >= 0.3 is 0 Å². The number of carbonyl (C=O) groups excluding carboxylic acids is 1. The van der Waals surface area contributed by atoms with Gasteiger partial charge in [-0.1, -0.05) is 36.0 Å². The molecule has 4 rings (SSSR count).